The Labute approximate surface area is 113 Å². The largest absolute Gasteiger partial charge is 0.328 e. The fourth-order valence-electron chi connectivity index (χ4n) is 2.51. The maximum atomic E-state index is 5.92. The highest BCUT2D eigenvalue weighted by Gasteiger charge is 2.16. The van der Waals surface area contributed by atoms with Gasteiger partial charge in [0.2, 0.25) is 0 Å². The molecule has 0 spiro atoms. The Morgan fingerprint density at radius 3 is 2.58 bits per heavy atom. The zero-order valence-corrected chi connectivity index (χ0v) is 11.1. The monoisotopic (exact) mass is 256 g/mol. The van der Waals surface area contributed by atoms with E-state index in [0.717, 1.165) is 43.9 Å². The van der Waals surface area contributed by atoms with Gasteiger partial charge in [-0.2, -0.15) is 5.10 Å². The van der Waals surface area contributed by atoms with E-state index in [0.29, 0.717) is 6.04 Å². The molecule has 2 aromatic rings. The van der Waals surface area contributed by atoms with Gasteiger partial charge in [-0.05, 0) is 31.0 Å². The third kappa shape index (κ3) is 3.03. The molecule has 0 unspecified atom stereocenters. The van der Waals surface area contributed by atoms with Crippen LogP contribution >= 0.6 is 0 Å². The van der Waals surface area contributed by atoms with Gasteiger partial charge >= 0.3 is 0 Å². The van der Waals surface area contributed by atoms with E-state index in [9.17, 15) is 0 Å². The van der Waals surface area contributed by atoms with E-state index in [-0.39, 0.29) is 0 Å². The lowest BCUT2D eigenvalue weighted by Crippen LogP contribution is -2.39. The quantitative estimate of drug-likeness (QED) is 0.911. The molecule has 2 heterocycles. The minimum Gasteiger partial charge on any atom is -0.328 e. The third-order valence-corrected chi connectivity index (χ3v) is 3.68. The van der Waals surface area contributed by atoms with Gasteiger partial charge in [0.25, 0.3) is 0 Å². The predicted octanol–water partition coefficient (Wildman–Crippen LogP) is 1.80. The SMILES string of the molecule is NC1CCN(Cc2ccn(-c3ccccc3)n2)CC1. The fraction of sp³-hybridized carbons (Fsp3) is 0.400. The van der Waals surface area contributed by atoms with Crippen molar-refractivity contribution in [2.24, 2.45) is 5.73 Å². The van der Waals surface area contributed by atoms with Gasteiger partial charge in [0, 0.05) is 31.9 Å². The van der Waals surface area contributed by atoms with Gasteiger partial charge in [-0.15, -0.1) is 0 Å². The van der Waals surface area contributed by atoms with Gasteiger partial charge in [0.15, 0.2) is 0 Å². The standard InChI is InChI=1S/C15H20N4/c16-13-6-9-18(10-7-13)12-14-8-11-19(17-14)15-4-2-1-3-5-15/h1-5,8,11,13H,6-7,9-10,12,16H2. The van der Waals surface area contributed by atoms with E-state index < -0.39 is 0 Å². The summed E-state index contributed by atoms with van der Waals surface area (Å²) in [7, 11) is 0. The van der Waals surface area contributed by atoms with Crippen LogP contribution in [-0.4, -0.2) is 33.8 Å². The molecule has 1 aromatic carbocycles. The summed E-state index contributed by atoms with van der Waals surface area (Å²) in [5, 5.41) is 4.64. The normalized spacial score (nSPS) is 17.7. The Bertz CT molecular complexity index is 512. The van der Waals surface area contributed by atoms with Crippen molar-refractivity contribution in [3.8, 4) is 5.69 Å². The molecule has 4 heteroatoms. The summed E-state index contributed by atoms with van der Waals surface area (Å²) in [6, 6.07) is 12.7. The molecule has 19 heavy (non-hydrogen) atoms. The molecular formula is C15H20N4. The molecule has 1 aliphatic rings. The summed E-state index contributed by atoms with van der Waals surface area (Å²) >= 11 is 0. The first kappa shape index (κ1) is 12.4. The molecule has 1 aliphatic heterocycles. The minimum absolute atomic E-state index is 0.387. The number of likely N-dealkylation sites (tertiary alicyclic amines) is 1. The van der Waals surface area contributed by atoms with Crippen LogP contribution in [0, 0.1) is 0 Å². The average molecular weight is 256 g/mol. The molecule has 0 amide bonds. The van der Waals surface area contributed by atoms with Crippen molar-refractivity contribution in [3.05, 3.63) is 48.3 Å². The highest BCUT2D eigenvalue weighted by Crippen LogP contribution is 2.13. The molecule has 0 aliphatic carbocycles. The first-order valence-electron chi connectivity index (χ1n) is 6.89. The Hall–Kier alpha value is -1.65. The van der Waals surface area contributed by atoms with E-state index >= 15 is 0 Å². The molecule has 2 N–H and O–H groups in total. The summed E-state index contributed by atoms with van der Waals surface area (Å²) in [6.45, 7) is 3.09. The second-order valence-electron chi connectivity index (χ2n) is 5.20. The van der Waals surface area contributed by atoms with Gasteiger partial charge in [-0.1, -0.05) is 18.2 Å². The second kappa shape index (κ2) is 5.55. The van der Waals surface area contributed by atoms with Gasteiger partial charge < -0.3 is 5.73 Å². The molecule has 4 nitrogen and oxygen atoms in total. The smallest absolute Gasteiger partial charge is 0.0769 e. The van der Waals surface area contributed by atoms with Crippen LogP contribution in [-0.2, 0) is 6.54 Å². The lowest BCUT2D eigenvalue weighted by atomic mass is 10.1. The molecule has 100 valence electrons. The Balaban J connectivity index is 1.65. The van der Waals surface area contributed by atoms with Crippen LogP contribution in [0.2, 0.25) is 0 Å². The lowest BCUT2D eigenvalue weighted by molar-refractivity contribution is 0.203. The number of hydrogen-bond acceptors (Lipinski definition) is 3. The number of nitrogens with zero attached hydrogens (tertiary/aromatic N) is 3. The molecule has 0 atom stereocenters. The van der Waals surface area contributed by atoms with Crippen molar-refractivity contribution in [2.75, 3.05) is 13.1 Å². The van der Waals surface area contributed by atoms with Gasteiger partial charge in [0.05, 0.1) is 11.4 Å². The van der Waals surface area contributed by atoms with Crippen molar-refractivity contribution in [3.63, 3.8) is 0 Å². The highest BCUT2D eigenvalue weighted by atomic mass is 15.3. The Morgan fingerprint density at radius 1 is 1.11 bits per heavy atom. The first-order chi connectivity index (χ1) is 9.31. The van der Waals surface area contributed by atoms with Crippen molar-refractivity contribution >= 4 is 0 Å². The van der Waals surface area contributed by atoms with Crippen LogP contribution in [0.25, 0.3) is 5.69 Å². The molecule has 0 bridgehead atoms. The summed E-state index contributed by atoms with van der Waals surface area (Å²) in [4.78, 5) is 2.43. The summed E-state index contributed by atoms with van der Waals surface area (Å²) in [5.74, 6) is 0. The number of nitrogens with two attached hydrogens (primary N) is 1. The molecule has 1 fully saturated rings. The van der Waals surface area contributed by atoms with Gasteiger partial charge in [0.1, 0.15) is 0 Å². The zero-order valence-electron chi connectivity index (χ0n) is 11.1. The predicted molar refractivity (Wildman–Crippen MR) is 76.1 cm³/mol. The molecule has 1 saturated heterocycles. The van der Waals surface area contributed by atoms with E-state index in [4.69, 9.17) is 5.73 Å². The number of benzene rings is 1. The van der Waals surface area contributed by atoms with Gasteiger partial charge in [-0.25, -0.2) is 4.68 Å². The van der Waals surface area contributed by atoms with E-state index in [1.54, 1.807) is 0 Å². The van der Waals surface area contributed by atoms with Crippen molar-refractivity contribution in [1.29, 1.82) is 0 Å². The summed E-state index contributed by atoms with van der Waals surface area (Å²) < 4.78 is 1.94. The molecular weight excluding hydrogens is 236 g/mol. The van der Waals surface area contributed by atoms with Crippen molar-refractivity contribution in [2.45, 2.75) is 25.4 Å². The Kier molecular flexibility index (Phi) is 3.62. The van der Waals surface area contributed by atoms with Crippen LogP contribution < -0.4 is 5.73 Å². The number of para-hydroxylation sites is 1. The van der Waals surface area contributed by atoms with Crippen molar-refractivity contribution in [1.82, 2.24) is 14.7 Å². The summed E-state index contributed by atoms with van der Waals surface area (Å²) in [5.41, 5.74) is 8.15. The number of hydrogen-bond donors (Lipinski definition) is 1. The summed E-state index contributed by atoms with van der Waals surface area (Å²) in [6.07, 6.45) is 4.22. The van der Waals surface area contributed by atoms with Crippen LogP contribution in [0.15, 0.2) is 42.6 Å². The number of rotatable bonds is 3. The van der Waals surface area contributed by atoms with Crippen LogP contribution in [0.5, 0.6) is 0 Å². The second-order valence-corrected chi connectivity index (χ2v) is 5.20. The van der Waals surface area contributed by atoms with E-state index in [2.05, 4.69) is 28.2 Å². The van der Waals surface area contributed by atoms with Crippen LogP contribution in [0.1, 0.15) is 18.5 Å². The maximum absolute atomic E-state index is 5.92. The molecule has 0 radical (unpaired) electrons. The number of piperidine rings is 1. The lowest BCUT2D eigenvalue weighted by Gasteiger charge is -2.29. The highest BCUT2D eigenvalue weighted by molar-refractivity contribution is 5.30. The number of aromatic nitrogens is 2. The zero-order chi connectivity index (χ0) is 13.1. The first-order valence-corrected chi connectivity index (χ1v) is 6.89. The maximum Gasteiger partial charge on any atom is 0.0769 e. The topological polar surface area (TPSA) is 47.1 Å². The van der Waals surface area contributed by atoms with Crippen LogP contribution in [0.4, 0.5) is 0 Å². The molecule has 3 rings (SSSR count). The molecule has 1 aromatic heterocycles. The van der Waals surface area contributed by atoms with E-state index in [1.807, 2.05) is 29.1 Å². The van der Waals surface area contributed by atoms with E-state index in [1.165, 1.54) is 0 Å². The average Bonchev–Trinajstić information content (AvgIpc) is 2.91. The van der Waals surface area contributed by atoms with Crippen molar-refractivity contribution < 1.29 is 0 Å². The van der Waals surface area contributed by atoms with Gasteiger partial charge in [-0.3, -0.25) is 4.90 Å². The fourth-order valence-corrected chi connectivity index (χ4v) is 2.51. The van der Waals surface area contributed by atoms with Crippen LogP contribution in [0.3, 0.4) is 0 Å². The minimum atomic E-state index is 0.387. The molecule has 0 saturated carbocycles. The Morgan fingerprint density at radius 2 is 1.84 bits per heavy atom. The third-order valence-electron chi connectivity index (χ3n) is 3.68.